The zero-order valence-corrected chi connectivity index (χ0v) is 12.0. The molecule has 2 aromatic rings. The number of nitrogens with zero attached hydrogens (tertiary/aromatic N) is 2. The van der Waals surface area contributed by atoms with E-state index in [2.05, 4.69) is 25.9 Å². The molecule has 0 saturated heterocycles. The molecule has 2 aromatic heterocycles. The van der Waals surface area contributed by atoms with Gasteiger partial charge in [0.1, 0.15) is 5.69 Å². The molecule has 2 rings (SSSR count). The van der Waals surface area contributed by atoms with Crippen LogP contribution >= 0.6 is 27.3 Å². The van der Waals surface area contributed by atoms with E-state index in [0.29, 0.717) is 18.7 Å². The Morgan fingerprint density at radius 1 is 1.44 bits per heavy atom. The lowest BCUT2D eigenvalue weighted by Crippen LogP contribution is -2.07. The van der Waals surface area contributed by atoms with E-state index < -0.39 is 0 Å². The summed E-state index contributed by atoms with van der Waals surface area (Å²) in [6.07, 6.45) is 2.68. The van der Waals surface area contributed by atoms with Gasteiger partial charge < -0.3 is 5.73 Å². The zero-order valence-electron chi connectivity index (χ0n) is 9.60. The maximum absolute atomic E-state index is 12.0. The first-order valence-electron chi connectivity index (χ1n) is 5.47. The summed E-state index contributed by atoms with van der Waals surface area (Å²) in [5.41, 5.74) is 6.71. The maximum atomic E-state index is 12.0. The minimum Gasteiger partial charge on any atom is -0.330 e. The molecule has 0 radical (unpaired) electrons. The van der Waals surface area contributed by atoms with Crippen molar-refractivity contribution < 1.29 is 4.79 Å². The van der Waals surface area contributed by atoms with Crippen molar-refractivity contribution in [3.63, 3.8) is 0 Å². The van der Waals surface area contributed by atoms with Crippen LogP contribution in [0.4, 0.5) is 0 Å². The summed E-state index contributed by atoms with van der Waals surface area (Å²) in [5, 5.41) is 2.69. The van der Waals surface area contributed by atoms with Gasteiger partial charge in [-0.05, 0) is 34.6 Å². The molecule has 0 fully saturated rings. The molecule has 0 spiro atoms. The van der Waals surface area contributed by atoms with Crippen molar-refractivity contribution in [1.82, 2.24) is 9.97 Å². The number of aromatic nitrogens is 2. The van der Waals surface area contributed by atoms with Gasteiger partial charge in [0.15, 0.2) is 5.78 Å². The molecule has 0 aliphatic heterocycles. The molecule has 94 valence electrons. The van der Waals surface area contributed by atoms with Gasteiger partial charge in [0.05, 0.1) is 11.4 Å². The number of rotatable bonds is 5. The quantitative estimate of drug-likeness (QED) is 0.856. The minimum atomic E-state index is -0.00987. The largest absolute Gasteiger partial charge is 0.330 e. The highest BCUT2D eigenvalue weighted by Gasteiger charge is 2.12. The van der Waals surface area contributed by atoms with Gasteiger partial charge in [-0.2, -0.15) is 0 Å². The Kier molecular flexibility index (Phi) is 4.57. The summed E-state index contributed by atoms with van der Waals surface area (Å²) in [5.74, 6) is -0.00987. The molecular weight excluding hydrogens is 314 g/mol. The van der Waals surface area contributed by atoms with Gasteiger partial charge in [-0.3, -0.25) is 9.78 Å². The van der Waals surface area contributed by atoms with E-state index >= 15 is 0 Å². The fourth-order valence-electron chi connectivity index (χ4n) is 1.44. The Morgan fingerprint density at radius 3 is 2.94 bits per heavy atom. The summed E-state index contributed by atoms with van der Waals surface area (Å²) in [6, 6.07) is 3.70. The Labute approximate surface area is 117 Å². The van der Waals surface area contributed by atoms with Crippen LogP contribution in [0.3, 0.4) is 0 Å². The van der Waals surface area contributed by atoms with Gasteiger partial charge >= 0.3 is 0 Å². The van der Waals surface area contributed by atoms with Gasteiger partial charge in [-0.15, -0.1) is 11.3 Å². The molecule has 18 heavy (non-hydrogen) atoms. The first kappa shape index (κ1) is 13.3. The van der Waals surface area contributed by atoms with Gasteiger partial charge in [0.25, 0.3) is 0 Å². The van der Waals surface area contributed by atoms with Gasteiger partial charge in [-0.25, -0.2) is 4.98 Å². The fourth-order valence-corrected chi connectivity index (χ4v) is 2.50. The smallest absolute Gasteiger partial charge is 0.187 e. The number of pyridine rings is 1. The average Bonchev–Trinajstić information content (AvgIpc) is 2.81. The Bertz CT molecular complexity index is 539. The van der Waals surface area contributed by atoms with E-state index in [0.717, 1.165) is 15.2 Å². The Morgan fingerprint density at radius 2 is 2.28 bits per heavy atom. The predicted octanol–water partition coefficient (Wildman–Crippen LogP) is 2.23. The molecule has 0 saturated carbocycles. The Balaban J connectivity index is 2.04. The molecule has 2 heterocycles. The van der Waals surface area contributed by atoms with E-state index in [1.807, 2.05) is 12.1 Å². The number of Topliss-reactive ketones (excluding diaryl/α,β-unsaturated/α-hetero) is 1. The number of ketones is 1. The van der Waals surface area contributed by atoms with Crippen molar-refractivity contribution in [2.75, 3.05) is 6.54 Å². The second-order valence-electron chi connectivity index (χ2n) is 3.73. The Hall–Kier alpha value is -1.11. The van der Waals surface area contributed by atoms with Crippen LogP contribution in [-0.2, 0) is 12.8 Å². The van der Waals surface area contributed by atoms with Crippen molar-refractivity contribution in [3.8, 4) is 0 Å². The summed E-state index contributed by atoms with van der Waals surface area (Å²) in [4.78, 5) is 20.4. The van der Waals surface area contributed by atoms with E-state index in [-0.39, 0.29) is 12.2 Å². The molecular formula is C12H12BrN3OS. The molecule has 0 bridgehead atoms. The number of halogens is 1. The molecule has 0 amide bonds. The fraction of sp³-hybridized carbons (Fsp3) is 0.250. The summed E-state index contributed by atoms with van der Waals surface area (Å²) < 4.78 is 0.901. The molecule has 0 aromatic carbocycles. The number of carbonyl (C=O) groups is 1. The van der Waals surface area contributed by atoms with Gasteiger partial charge in [-0.1, -0.05) is 0 Å². The second kappa shape index (κ2) is 6.17. The van der Waals surface area contributed by atoms with Crippen LogP contribution in [0, 0.1) is 0 Å². The second-order valence-corrected chi connectivity index (χ2v) is 5.59. The lowest BCUT2D eigenvalue weighted by molar-refractivity contribution is 0.0987. The molecule has 0 aliphatic rings. The lowest BCUT2D eigenvalue weighted by Gasteiger charge is -1.98. The van der Waals surface area contributed by atoms with Crippen molar-refractivity contribution >= 4 is 33.0 Å². The standard InChI is InChI=1S/C12H12BrN3OS/c13-8-1-2-9(15-6-8)5-11(17)10-7-18-12(16-10)3-4-14/h1-2,6-7H,3-5,14H2. The van der Waals surface area contributed by atoms with E-state index in [4.69, 9.17) is 5.73 Å². The third kappa shape index (κ3) is 3.44. The lowest BCUT2D eigenvalue weighted by atomic mass is 10.1. The van der Waals surface area contributed by atoms with E-state index in [1.165, 1.54) is 11.3 Å². The summed E-state index contributed by atoms with van der Waals surface area (Å²) in [6.45, 7) is 0.551. The van der Waals surface area contributed by atoms with Crippen LogP contribution in [0.2, 0.25) is 0 Å². The molecule has 6 heteroatoms. The number of nitrogens with two attached hydrogens (primary N) is 1. The van der Waals surface area contributed by atoms with Crippen molar-refractivity contribution in [3.05, 3.63) is 44.6 Å². The monoisotopic (exact) mass is 325 g/mol. The molecule has 2 N–H and O–H groups in total. The first-order valence-corrected chi connectivity index (χ1v) is 7.14. The predicted molar refractivity (Wildman–Crippen MR) is 74.8 cm³/mol. The highest BCUT2D eigenvalue weighted by atomic mass is 79.9. The van der Waals surface area contributed by atoms with E-state index in [9.17, 15) is 4.79 Å². The van der Waals surface area contributed by atoms with Crippen LogP contribution in [0.15, 0.2) is 28.2 Å². The molecule has 4 nitrogen and oxygen atoms in total. The van der Waals surface area contributed by atoms with Crippen LogP contribution < -0.4 is 5.73 Å². The van der Waals surface area contributed by atoms with Gasteiger partial charge in [0.2, 0.25) is 0 Å². The van der Waals surface area contributed by atoms with Crippen molar-refractivity contribution in [2.45, 2.75) is 12.8 Å². The van der Waals surface area contributed by atoms with Crippen LogP contribution in [0.25, 0.3) is 0 Å². The molecule has 0 atom stereocenters. The van der Waals surface area contributed by atoms with E-state index in [1.54, 1.807) is 11.6 Å². The SMILES string of the molecule is NCCc1nc(C(=O)Cc2ccc(Br)cn2)cs1. The highest BCUT2D eigenvalue weighted by Crippen LogP contribution is 2.13. The summed E-state index contributed by atoms with van der Waals surface area (Å²) in [7, 11) is 0. The third-order valence-electron chi connectivity index (χ3n) is 2.33. The first-order chi connectivity index (χ1) is 8.69. The van der Waals surface area contributed by atoms with Gasteiger partial charge in [0, 0.05) is 28.2 Å². The summed E-state index contributed by atoms with van der Waals surface area (Å²) >= 11 is 4.78. The minimum absolute atomic E-state index is 0.00987. The van der Waals surface area contributed by atoms with Crippen LogP contribution in [0.5, 0.6) is 0 Å². The highest BCUT2D eigenvalue weighted by molar-refractivity contribution is 9.10. The average molecular weight is 326 g/mol. The maximum Gasteiger partial charge on any atom is 0.187 e. The number of hydrogen-bond acceptors (Lipinski definition) is 5. The molecule has 0 aliphatic carbocycles. The number of thiazole rings is 1. The van der Waals surface area contributed by atoms with Crippen LogP contribution in [0.1, 0.15) is 21.2 Å². The normalized spacial score (nSPS) is 10.6. The zero-order chi connectivity index (χ0) is 13.0. The topological polar surface area (TPSA) is 68.9 Å². The molecule has 0 unspecified atom stereocenters. The van der Waals surface area contributed by atoms with Crippen LogP contribution in [-0.4, -0.2) is 22.3 Å². The number of carbonyl (C=O) groups excluding carboxylic acids is 1. The van der Waals surface area contributed by atoms with Crippen molar-refractivity contribution in [1.29, 1.82) is 0 Å². The third-order valence-corrected chi connectivity index (χ3v) is 3.70. The number of hydrogen-bond donors (Lipinski definition) is 1. The van der Waals surface area contributed by atoms with Crippen molar-refractivity contribution in [2.24, 2.45) is 5.73 Å².